The highest BCUT2D eigenvalue weighted by Gasteiger charge is 2.12. The topological polar surface area (TPSA) is 17.1 Å². The Hall–Kier alpha value is -0.330. The number of carbonyl (C=O) groups is 1. The van der Waals surface area contributed by atoms with Crippen molar-refractivity contribution in [3.8, 4) is 0 Å². The van der Waals surface area contributed by atoms with Gasteiger partial charge in [0.1, 0.15) is 5.78 Å². The maximum atomic E-state index is 10.8. The van der Waals surface area contributed by atoms with Crippen LogP contribution in [0, 0.1) is 5.92 Å². The minimum atomic E-state index is 0.351. The number of ketones is 1. The molecule has 0 bridgehead atoms. The van der Waals surface area contributed by atoms with Gasteiger partial charge >= 0.3 is 0 Å². The molecule has 1 aliphatic rings. The highest BCUT2D eigenvalue weighted by molar-refractivity contribution is 5.75. The molecular weight excluding hydrogens is 280 g/mol. The first kappa shape index (κ1) is 20.7. The van der Waals surface area contributed by atoms with Gasteiger partial charge < -0.3 is 4.79 Å². The van der Waals surface area contributed by atoms with E-state index >= 15 is 0 Å². The van der Waals surface area contributed by atoms with E-state index in [0.717, 1.165) is 18.8 Å². The van der Waals surface area contributed by atoms with Crippen LogP contribution in [0.25, 0.3) is 0 Å². The molecule has 1 nitrogen and oxygen atoms in total. The van der Waals surface area contributed by atoms with Crippen LogP contribution in [0.1, 0.15) is 129 Å². The highest BCUT2D eigenvalue weighted by Crippen LogP contribution is 2.28. The van der Waals surface area contributed by atoms with Crippen molar-refractivity contribution in [3.05, 3.63) is 0 Å². The quantitative estimate of drug-likeness (QED) is 0.283. The monoisotopic (exact) mass is 322 g/mol. The van der Waals surface area contributed by atoms with Crippen molar-refractivity contribution in [2.75, 3.05) is 0 Å². The van der Waals surface area contributed by atoms with E-state index in [1.165, 1.54) is 109 Å². The van der Waals surface area contributed by atoms with Crippen LogP contribution in [-0.2, 0) is 4.79 Å². The second kappa shape index (κ2) is 15.2. The van der Waals surface area contributed by atoms with Crippen LogP contribution in [-0.4, -0.2) is 5.78 Å². The minimum Gasteiger partial charge on any atom is -0.300 e. The molecule has 0 aromatic heterocycles. The van der Waals surface area contributed by atoms with E-state index in [1.54, 1.807) is 6.92 Å². The first-order valence-electron chi connectivity index (χ1n) is 10.8. The van der Waals surface area contributed by atoms with Gasteiger partial charge in [-0.15, -0.1) is 0 Å². The molecule has 23 heavy (non-hydrogen) atoms. The molecule has 0 unspecified atom stereocenters. The third-order valence-electron chi connectivity index (χ3n) is 5.62. The van der Waals surface area contributed by atoms with Gasteiger partial charge in [0.15, 0.2) is 0 Å². The van der Waals surface area contributed by atoms with Crippen LogP contribution in [0.15, 0.2) is 0 Å². The SMILES string of the molecule is CC(=O)CCCCCCCCCCCCCCC1CCCCC1. The smallest absolute Gasteiger partial charge is 0.129 e. The zero-order valence-electron chi connectivity index (χ0n) is 15.9. The summed E-state index contributed by atoms with van der Waals surface area (Å²) in [6, 6.07) is 0. The predicted octanol–water partition coefficient (Wildman–Crippen LogP) is 7.62. The van der Waals surface area contributed by atoms with Gasteiger partial charge in [0.05, 0.1) is 0 Å². The zero-order chi connectivity index (χ0) is 16.6. The van der Waals surface area contributed by atoms with Gasteiger partial charge in [-0.1, -0.05) is 109 Å². The standard InChI is InChI=1S/C22H42O/c1-21(23)17-13-10-8-6-4-2-3-5-7-9-11-14-18-22-19-15-12-16-20-22/h22H,2-20H2,1H3. The molecule has 136 valence electrons. The molecule has 0 atom stereocenters. The minimum absolute atomic E-state index is 0.351. The van der Waals surface area contributed by atoms with Crippen LogP contribution in [0.3, 0.4) is 0 Å². The van der Waals surface area contributed by atoms with Gasteiger partial charge in [0.2, 0.25) is 0 Å². The second-order valence-corrected chi connectivity index (χ2v) is 7.99. The summed E-state index contributed by atoms with van der Waals surface area (Å²) in [5.74, 6) is 1.43. The lowest BCUT2D eigenvalue weighted by Gasteiger charge is -2.21. The Labute approximate surface area is 146 Å². The third-order valence-corrected chi connectivity index (χ3v) is 5.62. The Morgan fingerprint density at radius 2 is 1.09 bits per heavy atom. The fourth-order valence-corrected chi connectivity index (χ4v) is 4.05. The van der Waals surface area contributed by atoms with Crippen molar-refractivity contribution in [1.82, 2.24) is 0 Å². The molecule has 0 aliphatic heterocycles. The van der Waals surface area contributed by atoms with E-state index in [4.69, 9.17) is 0 Å². The summed E-state index contributed by atoms with van der Waals surface area (Å²) in [4.78, 5) is 10.8. The first-order valence-corrected chi connectivity index (χ1v) is 10.8. The number of hydrogen-bond donors (Lipinski definition) is 0. The molecule has 0 aromatic rings. The Balaban J connectivity index is 1.69. The van der Waals surface area contributed by atoms with Crippen LogP contribution < -0.4 is 0 Å². The molecule has 0 radical (unpaired) electrons. The molecule has 0 spiro atoms. The highest BCUT2D eigenvalue weighted by atomic mass is 16.1. The molecule has 0 heterocycles. The van der Waals surface area contributed by atoms with Gasteiger partial charge in [0.25, 0.3) is 0 Å². The van der Waals surface area contributed by atoms with Gasteiger partial charge in [-0.05, 0) is 19.3 Å². The van der Waals surface area contributed by atoms with Crippen molar-refractivity contribution in [2.24, 2.45) is 5.92 Å². The second-order valence-electron chi connectivity index (χ2n) is 7.99. The summed E-state index contributed by atoms with van der Waals surface area (Å²) in [6.07, 6.45) is 26.5. The molecule has 1 heteroatoms. The maximum Gasteiger partial charge on any atom is 0.129 e. The summed E-state index contributed by atoms with van der Waals surface area (Å²) < 4.78 is 0. The molecule has 1 rings (SSSR count). The van der Waals surface area contributed by atoms with Crippen LogP contribution in [0.4, 0.5) is 0 Å². The van der Waals surface area contributed by atoms with E-state index in [1.807, 2.05) is 0 Å². The molecule has 1 fully saturated rings. The summed E-state index contributed by atoms with van der Waals surface area (Å²) in [6.45, 7) is 1.70. The normalized spacial score (nSPS) is 15.9. The summed E-state index contributed by atoms with van der Waals surface area (Å²) in [7, 11) is 0. The predicted molar refractivity (Wildman–Crippen MR) is 102 cm³/mol. The molecule has 0 N–H and O–H groups in total. The van der Waals surface area contributed by atoms with Gasteiger partial charge in [-0.2, -0.15) is 0 Å². The summed E-state index contributed by atoms with van der Waals surface area (Å²) >= 11 is 0. The van der Waals surface area contributed by atoms with Crippen LogP contribution >= 0.6 is 0 Å². The van der Waals surface area contributed by atoms with Gasteiger partial charge in [-0.3, -0.25) is 0 Å². The number of carbonyl (C=O) groups excluding carboxylic acids is 1. The fraction of sp³-hybridized carbons (Fsp3) is 0.955. The lowest BCUT2D eigenvalue weighted by molar-refractivity contribution is -0.117. The molecular formula is C22H42O. The first-order chi connectivity index (χ1) is 11.3. The van der Waals surface area contributed by atoms with Gasteiger partial charge in [0, 0.05) is 6.42 Å². The van der Waals surface area contributed by atoms with E-state index in [2.05, 4.69) is 0 Å². The van der Waals surface area contributed by atoms with Crippen LogP contribution in [0.5, 0.6) is 0 Å². The summed E-state index contributed by atoms with van der Waals surface area (Å²) in [5.41, 5.74) is 0. The van der Waals surface area contributed by atoms with Crippen molar-refractivity contribution in [3.63, 3.8) is 0 Å². The lowest BCUT2D eigenvalue weighted by atomic mass is 9.85. The maximum absolute atomic E-state index is 10.8. The van der Waals surface area contributed by atoms with Gasteiger partial charge in [-0.25, -0.2) is 0 Å². The third kappa shape index (κ3) is 13.8. The molecule has 0 saturated heterocycles. The van der Waals surface area contributed by atoms with E-state index in [9.17, 15) is 4.79 Å². The fourth-order valence-electron chi connectivity index (χ4n) is 4.05. The van der Waals surface area contributed by atoms with Crippen molar-refractivity contribution in [2.45, 2.75) is 129 Å². The molecule has 1 aliphatic carbocycles. The van der Waals surface area contributed by atoms with Crippen molar-refractivity contribution >= 4 is 5.78 Å². The Bertz CT molecular complexity index is 265. The molecule has 0 amide bonds. The Morgan fingerprint density at radius 1 is 0.652 bits per heavy atom. The number of unbranched alkanes of at least 4 members (excludes halogenated alkanes) is 11. The number of hydrogen-bond acceptors (Lipinski definition) is 1. The number of rotatable bonds is 15. The lowest BCUT2D eigenvalue weighted by Crippen LogP contribution is -2.05. The van der Waals surface area contributed by atoms with E-state index in [0.29, 0.717) is 5.78 Å². The van der Waals surface area contributed by atoms with E-state index < -0.39 is 0 Å². The van der Waals surface area contributed by atoms with Crippen molar-refractivity contribution in [1.29, 1.82) is 0 Å². The molecule has 0 aromatic carbocycles. The number of Topliss-reactive ketones (excluding diaryl/α,β-unsaturated/α-hetero) is 1. The van der Waals surface area contributed by atoms with E-state index in [-0.39, 0.29) is 0 Å². The Morgan fingerprint density at radius 3 is 1.57 bits per heavy atom. The average molecular weight is 323 g/mol. The molecule has 1 saturated carbocycles. The summed E-state index contributed by atoms with van der Waals surface area (Å²) in [5, 5.41) is 0. The largest absolute Gasteiger partial charge is 0.300 e. The Kier molecular flexibility index (Phi) is 13.7. The van der Waals surface area contributed by atoms with Crippen molar-refractivity contribution < 1.29 is 4.79 Å². The zero-order valence-corrected chi connectivity index (χ0v) is 15.9. The average Bonchev–Trinajstić information content (AvgIpc) is 2.56. The van der Waals surface area contributed by atoms with Crippen LogP contribution in [0.2, 0.25) is 0 Å².